The molecule has 0 bridgehead atoms. The van der Waals surface area contributed by atoms with Crippen LogP contribution in [0, 0.1) is 0 Å². The number of fused-ring (bicyclic) bond motifs is 1. The molecule has 37 heavy (non-hydrogen) atoms. The topological polar surface area (TPSA) is 49.7 Å². The lowest BCUT2D eigenvalue weighted by atomic mass is 10.1. The van der Waals surface area contributed by atoms with Gasteiger partial charge in [0.2, 0.25) is 5.75 Å². The summed E-state index contributed by atoms with van der Waals surface area (Å²) in [6.45, 7) is 8.74. The number of aromatic nitrogens is 1. The van der Waals surface area contributed by atoms with Crippen molar-refractivity contribution in [1.82, 2.24) is 4.57 Å². The molecule has 0 unspecified atom stereocenters. The molecule has 0 amide bonds. The van der Waals surface area contributed by atoms with Crippen LogP contribution < -0.4 is 19.8 Å². The summed E-state index contributed by atoms with van der Waals surface area (Å²) in [5.74, 6) is 1.67. The van der Waals surface area contributed by atoms with E-state index in [9.17, 15) is 4.79 Å². The standard InChI is InChI=1S/C32H45NO4/c1-4-7-10-15-21-33-29-24-27(37-25-26-17-13-12-14-18-26)19-20-28(29)30(35-23-16-11-8-5-2)31(32(33)34)36-22-9-6-3/h12-14,17-20,24H,4-11,15-16,21-23,25H2,1-3H3. The van der Waals surface area contributed by atoms with Gasteiger partial charge in [0, 0.05) is 18.0 Å². The second-order valence-corrected chi connectivity index (χ2v) is 9.74. The second-order valence-electron chi connectivity index (χ2n) is 9.74. The number of hydrogen-bond acceptors (Lipinski definition) is 4. The Balaban J connectivity index is 1.99. The largest absolute Gasteiger partial charge is 0.489 e. The van der Waals surface area contributed by atoms with E-state index in [0.29, 0.717) is 37.9 Å². The summed E-state index contributed by atoms with van der Waals surface area (Å²) in [4.78, 5) is 13.8. The first-order valence-corrected chi connectivity index (χ1v) is 14.3. The van der Waals surface area contributed by atoms with Crippen LogP contribution in [0.15, 0.2) is 53.3 Å². The molecule has 0 N–H and O–H groups in total. The Kier molecular flexibility index (Phi) is 12.4. The molecule has 202 valence electrons. The van der Waals surface area contributed by atoms with Crippen molar-refractivity contribution in [2.45, 2.75) is 98.1 Å². The van der Waals surface area contributed by atoms with Gasteiger partial charge in [-0.2, -0.15) is 0 Å². The summed E-state index contributed by atoms with van der Waals surface area (Å²) in [6, 6.07) is 16.1. The van der Waals surface area contributed by atoms with Crippen LogP contribution in [0.1, 0.15) is 90.5 Å². The molecule has 0 aliphatic heterocycles. The summed E-state index contributed by atoms with van der Waals surface area (Å²) in [5, 5.41) is 0.907. The maximum Gasteiger partial charge on any atom is 0.297 e. The number of ether oxygens (including phenoxy) is 3. The van der Waals surface area contributed by atoms with Crippen LogP contribution in [0.3, 0.4) is 0 Å². The molecule has 0 saturated heterocycles. The van der Waals surface area contributed by atoms with Crippen LogP contribution in [0.5, 0.6) is 17.2 Å². The number of benzene rings is 2. The van der Waals surface area contributed by atoms with Gasteiger partial charge in [0.05, 0.1) is 18.7 Å². The lowest BCUT2D eigenvalue weighted by Gasteiger charge is -2.19. The van der Waals surface area contributed by atoms with Crippen molar-refractivity contribution in [3.8, 4) is 17.2 Å². The predicted octanol–water partition coefficient (Wildman–Crippen LogP) is 8.30. The van der Waals surface area contributed by atoms with Crippen molar-refractivity contribution < 1.29 is 14.2 Å². The average molecular weight is 508 g/mol. The molecular weight excluding hydrogens is 462 g/mol. The first-order chi connectivity index (χ1) is 18.2. The maximum absolute atomic E-state index is 13.8. The van der Waals surface area contributed by atoms with Gasteiger partial charge in [0.15, 0.2) is 5.75 Å². The van der Waals surface area contributed by atoms with Gasteiger partial charge in [-0.3, -0.25) is 4.79 Å². The molecule has 1 heterocycles. The monoisotopic (exact) mass is 507 g/mol. The number of aryl methyl sites for hydroxylation is 1. The van der Waals surface area contributed by atoms with Gasteiger partial charge in [-0.25, -0.2) is 0 Å². The zero-order chi connectivity index (χ0) is 26.3. The Bertz CT molecular complexity index is 1120. The quantitative estimate of drug-likeness (QED) is 0.162. The molecule has 5 heteroatoms. The Hall–Kier alpha value is -2.95. The van der Waals surface area contributed by atoms with E-state index in [4.69, 9.17) is 14.2 Å². The maximum atomic E-state index is 13.8. The predicted molar refractivity (Wildman–Crippen MR) is 153 cm³/mol. The van der Waals surface area contributed by atoms with E-state index in [1.807, 2.05) is 41.0 Å². The van der Waals surface area contributed by atoms with Crippen LogP contribution in [0.25, 0.3) is 10.9 Å². The van der Waals surface area contributed by atoms with Crippen LogP contribution in [-0.2, 0) is 13.2 Å². The molecule has 0 saturated carbocycles. The Morgan fingerprint density at radius 2 is 1.35 bits per heavy atom. The first-order valence-electron chi connectivity index (χ1n) is 14.3. The van der Waals surface area contributed by atoms with Gasteiger partial charge in [0.1, 0.15) is 12.4 Å². The summed E-state index contributed by atoms with van der Waals surface area (Å²) in [5.41, 5.74) is 1.85. The highest BCUT2D eigenvalue weighted by atomic mass is 16.5. The average Bonchev–Trinajstić information content (AvgIpc) is 2.92. The van der Waals surface area contributed by atoms with E-state index in [1.165, 1.54) is 12.8 Å². The second kappa shape index (κ2) is 16.0. The third kappa shape index (κ3) is 8.55. The fraction of sp³-hybridized carbons (Fsp3) is 0.531. The minimum Gasteiger partial charge on any atom is -0.489 e. The van der Waals surface area contributed by atoms with Crippen LogP contribution >= 0.6 is 0 Å². The van der Waals surface area contributed by atoms with E-state index >= 15 is 0 Å². The van der Waals surface area contributed by atoms with Crippen molar-refractivity contribution in [3.63, 3.8) is 0 Å². The van der Waals surface area contributed by atoms with E-state index in [0.717, 1.165) is 73.6 Å². The number of nitrogens with zero attached hydrogens (tertiary/aromatic N) is 1. The molecule has 3 rings (SSSR count). The summed E-state index contributed by atoms with van der Waals surface area (Å²) < 4.78 is 20.4. The van der Waals surface area contributed by atoms with E-state index in [2.05, 4.69) is 32.9 Å². The minimum atomic E-state index is -0.108. The van der Waals surface area contributed by atoms with Crippen LogP contribution in [-0.4, -0.2) is 17.8 Å². The molecule has 0 fully saturated rings. The molecule has 5 nitrogen and oxygen atoms in total. The highest BCUT2D eigenvalue weighted by Crippen LogP contribution is 2.35. The molecule has 3 aromatic rings. The van der Waals surface area contributed by atoms with Gasteiger partial charge in [0.25, 0.3) is 5.56 Å². The third-order valence-corrected chi connectivity index (χ3v) is 6.62. The number of pyridine rings is 1. The Morgan fingerprint density at radius 3 is 2.08 bits per heavy atom. The van der Waals surface area contributed by atoms with E-state index < -0.39 is 0 Å². The fourth-order valence-corrected chi connectivity index (χ4v) is 4.42. The molecule has 1 aromatic heterocycles. The first kappa shape index (κ1) is 28.6. The summed E-state index contributed by atoms with van der Waals surface area (Å²) >= 11 is 0. The van der Waals surface area contributed by atoms with Gasteiger partial charge in [-0.15, -0.1) is 0 Å². The highest BCUT2D eigenvalue weighted by molar-refractivity contribution is 5.89. The van der Waals surface area contributed by atoms with E-state index in [-0.39, 0.29) is 5.56 Å². The normalized spacial score (nSPS) is 11.1. The van der Waals surface area contributed by atoms with Crippen molar-refractivity contribution in [3.05, 3.63) is 64.4 Å². The smallest absolute Gasteiger partial charge is 0.297 e. The molecule has 2 aromatic carbocycles. The van der Waals surface area contributed by atoms with Gasteiger partial charge < -0.3 is 18.8 Å². The van der Waals surface area contributed by atoms with Crippen molar-refractivity contribution in [2.75, 3.05) is 13.2 Å². The molecule has 0 atom stereocenters. The van der Waals surface area contributed by atoms with Crippen molar-refractivity contribution >= 4 is 10.9 Å². The SMILES string of the molecule is CCCCCCOc1c(OCCCC)c(=O)n(CCCCCC)c2cc(OCc3ccccc3)ccc12. The Morgan fingerprint density at radius 1 is 0.676 bits per heavy atom. The van der Waals surface area contributed by atoms with Crippen molar-refractivity contribution in [1.29, 1.82) is 0 Å². The summed E-state index contributed by atoms with van der Waals surface area (Å²) in [6.07, 6.45) is 10.7. The zero-order valence-electron chi connectivity index (χ0n) is 23.1. The lowest BCUT2D eigenvalue weighted by Crippen LogP contribution is -2.24. The van der Waals surface area contributed by atoms with Crippen LogP contribution in [0.2, 0.25) is 0 Å². The third-order valence-electron chi connectivity index (χ3n) is 6.62. The molecule has 0 spiro atoms. The number of unbranched alkanes of at least 4 members (excludes halogenated alkanes) is 7. The van der Waals surface area contributed by atoms with Crippen LogP contribution in [0.4, 0.5) is 0 Å². The number of hydrogen-bond donors (Lipinski definition) is 0. The fourth-order valence-electron chi connectivity index (χ4n) is 4.42. The Labute approximate surface area is 222 Å². The molecule has 0 aliphatic rings. The summed E-state index contributed by atoms with van der Waals surface area (Å²) in [7, 11) is 0. The van der Waals surface area contributed by atoms with Gasteiger partial charge in [-0.1, -0.05) is 96.0 Å². The highest BCUT2D eigenvalue weighted by Gasteiger charge is 2.20. The van der Waals surface area contributed by atoms with Gasteiger partial charge in [-0.05, 0) is 37.0 Å². The van der Waals surface area contributed by atoms with Crippen molar-refractivity contribution in [2.24, 2.45) is 0 Å². The molecular formula is C32H45NO4. The number of rotatable bonds is 18. The lowest BCUT2D eigenvalue weighted by molar-refractivity contribution is 0.258. The van der Waals surface area contributed by atoms with E-state index in [1.54, 1.807) is 0 Å². The van der Waals surface area contributed by atoms with Gasteiger partial charge >= 0.3 is 0 Å². The minimum absolute atomic E-state index is 0.108. The molecule has 0 radical (unpaired) electrons. The molecule has 0 aliphatic carbocycles. The zero-order valence-corrected chi connectivity index (χ0v) is 23.1.